The first-order chi connectivity index (χ1) is 11.9. The standard InChI is InChI=1S/C20H20N2O3/c1-20(2,3)9-8-15-5-4-14(13-21-15)19(23)22-16-6-7-17-18(12-16)25-11-10-24-17/h4-7,12-13H,10-11H2,1-3H3,(H,22,23). The van der Waals surface area contributed by atoms with Crippen LogP contribution in [0, 0.1) is 17.3 Å². The smallest absolute Gasteiger partial charge is 0.257 e. The fourth-order valence-electron chi connectivity index (χ4n) is 2.18. The highest BCUT2D eigenvalue weighted by molar-refractivity contribution is 6.04. The monoisotopic (exact) mass is 336 g/mol. The number of benzene rings is 1. The molecule has 1 N–H and O–H groups in total. The summed E-state index contributed by atoms with van der Waals surface area (Å²) in [4.78, 5) is 16.6. The molecule has 0 radical (unpaired) electrons. The third kappa shape index (κ3) is 4.51. The Morgan fingerprint density at radius 2 is 1.88 bits per heavy atom. The van der Waals surface area contributed by atoms with Crippen molar-refractivity contribution in [1.29, 1.82) is 0 Å². The van der Waals surface area contributed by atoms with Gasteiger partial charge in [-0.25, -0.2) is 4.98 Å². The van der Waals surface area contributed by atoms with Crippen molar-refractivity contribution < 1.29 is 14.3 Å². The lowest BCUT2D eigenvalue weighted by molar-refractivity contribution is 0.102. The SMILES string of the molecule is CC(C)(C)C#Cc1ccc(C(=O)Nc2ccc3c(c2)OCCO3)cn1. The average molecular weight is 336 g/mol. The molecule has 3 rings (SSSR count). The topological polar surface area (TPSA) is 60.5 Å². The van der Waals surface area contributed by atoms with Crippen LogP contribution in [0.3, 0.4) is 0 Å². The summed E-state index contributed by atoms with van der Waals surface area (Å²) in [6.45, 7) is 7.15. The van der Waals surface area contributed by atoms with Crippen molar-refractivity contribution in [1.82, 2.24) is 4.98 Å². The van der Waals surface area contributed by atoms with Crippen molar-refractivity contribution in [2.75, 3.05) is 18.5 Å². The van der Waals surface area contributed by atoms with E-state index >= 15 is 0 Å². The molecule has 1 aliphatic rings. The first-order valence-electron chi connectivity index (χ1n) is 8.11. The molecular weight excluding hydrogens is 316 g/mol. The van der Waals surface area contributed by atoms with E-state index < -0.39 is 0 Å². The van der Waals surface area contributed by atoms with Gasteiger partial charge in [0.25, 0.3) is 5.91 Å². The third-order valence-electron chi connectivity index (χ3n) is 3.39. The average Bonchev–Trinajstić information content (AvgIpc) is 2.59. The molecule has 2 heterocycles. The number of pyridine rings is 1. The Bertz CT molecular complexity index is 840. The predicted molar refractivity (Wildman–Crippen MR) is 96.0 cm³/mol. The van der Waals surface area contributed by atoms with Gasteiger partial charge in [-0.1, -0.05) is 5.92 Å². The van der Waals surface area contributed by atoms with Gasteiger partial charge < -0.3 is 14.8 Å². The van der Waals surface area contributed by atoms with Crippen molar-refractivity contribution >= 4 is 11.6 Å². The van der Waals surface area contributed by atoms with Gasteiger partial charge in [0.1, 0.15) is 18.9 Å². The van der Waals surface area contributed by atoms with Crippen molar-refractivity contribution in [3.63, 3.8) is 0 Å². The second-order valence-corrected chi connectivity index (χ2v) is 6.74. The second kappa shape index (κ2) is 6.86. The van der Waals surface area contributed by atoms with Crippen LogP contribution < -0.4 is 14.8 Å². The molecule has 1 amide bonds. The van der Waals surface area contributed by atoms with Crippen LogP contribution >= 0.6 is 0 Å². The van der Waals surface area contributed by atoms with E-state index in [9.17, 15) is 4.79 Å². The highest BCUT2D eigenvalue weighted by Gasteiger charge is 2.13. The van der Waals surface area contributed by atoms with Crippen molar-refractivity contribution in [2.45, 2.75) is 20.8 Å². The van der Waals surface area contributed by atoms with Gasteiger partial charge >= 0.3 is 0 Å². The molecule has 0 aliphatic carbocycles. The molecule has 5 heteroatoms. The summed E-state index contributed by atoms with van der Waals surface area (Å²) >= 11 is 0. The number of fused-ring (bicyclic) bond motifs is 1. The van der Waals surface area contributed by atoms with Crippen LogP contribution in [0.1, 0.15) is 36.8 Å². The second-order valence-electron chi connectivity index (χ2n) is 6.74. The molecule has 2 aromatic rings. The molecule has 0 saturated carbocycles. The number of carbonyl (C=O) groups excluding carboxylic acids is 1. The largest absolute Gasteiger partial charge is 0.486 e. The van der Waals surface area contributed by atoms with Gasteiger partial charge in [-0.3, -0.25) is 4.79 Å². The van der Waals surface area contributed by atoms with Crippen LogP contribution in [0.5, 0.6) is 11.5 Å². The maximum absolute atomic E-state index is 12.4. The summed E-state index contributed by atoms with van der Waals surface area (Å²) in [6.07, 6.45) is 1.53. The predicted octanol–water partition coefficient (Wildman–Crippen LogP) is 3.50. The van der Waals surface area contributed by atoms with Gasteiger partial charge in [-0.05, 0) is 51.0 Å². The zero-order chi connectivity index (χ0) is 17.9. The maximum Gasteiger partial charge on any atom is 0.257 e. The Balaban J connectivity index is 1.70. The van der Waals surface area contributed by atoms with Crippen molar-refractivity contribution in [3.05, 3.63) is 47.8 Å². The summed E-state index contributed by atoms with van der Waals surface area (Å²) in [5.74, 6) is 7.21. The molecule has 0 bridgehead atoms. The quantitative estimate of drug-likeness (QED) is 0.853. The summed E-state index contributed by atoms with van der Waals surface area (Å²) in [6, 6.07) is 8.78. The Labute approximate surface area is 147 Å². The number of carbonyl (C=O) groups is 1. The number of nitrogens with zero attached hydrogens (tertiary/aromatic N) is 1. The lowest BCUT2D eigenvalue weighted by Crippen LogP contribution is -2.16. The molecule has 1 aromatic carbocycles. The molecule has 0 atom stereocenters. The number of rotatable bonds is 2. The van der Waals surface area contributed by atoms with Gasteiger partial charge in [0.15, 0.2) is 11.5 Å². The molecular formula is C20H20N2O3. The fraction of sp³-hybridized carbons (Fsp3) is 0.300. The Morgan fingerprint density at radius 1 is 1.12 bits per heavy atom. The normalized spacial score (nSPS) is 12.8. The van der Waals surface area contributed by atoms with E-state index in [2.05, 4.69) is 22.1 Å². The summed E-state index contributed by atoms with van der Waals surface area (Å²) < 4.78 is 11.0. The van der Waals surface area contributed by atoms with E-state index in [4.69, 9.17) is 9.47 Å². The number of nitrogens with one attached hydrogen (secondary N) is 1. The molecule has 25 heavy (non-hydrogen) atoms. The molecule has 0 spiro atoms. The zero-order valence-electron chi connectivity index (χ0n) is 14.6. The van der Waals surface area contributed by atoms with Gasteiger partial charge in [0.2, 0.25) is 0 Å². The highest BCUT2D eigenvalue weighted by atomic mass is 16.6. The van der Waals surface area contributed by atoms with E-state index in [1.807, 2.05) is 20.8 Å². The Hall–Kier alpha value is -3.00. The van der Waals surface area contributed by atoms with Crippen LogP contribution in [0.4, 0.5) is 5.69 Å². The van der Waals surface area contributed by atoms with Crippen LogP contribution in [-0.4, -0.2) is 24.1 Å². The minimum absolute atomic E-state index is 0.0873. The number of ether oxygens (including phenoxy) is 2. The minimum atomic E-state index is -0.237. The number of amides is 1. The van der Waals surface area contributed by atoms with Crippen LogP contribution in [0.25, 0.3) is 0 Å². The van der Waals surface area contributed by atoms with Crippen LogP contribution in [0.2, 0.25) is 0 Å². The highest BCUT2D eigenvalue weighted by Crippen LogP contribution is 2.32. The minimum Gasteiger partial charge on any atom is -0.486 e. The van der Waals surface area contributed by atoms with Crippen molar-refractivity contribution in [2.24, 2.45) is 5.41 Å². The Kier molecular flexibility index (Phi) is 4.62. The molecule has 0 unspecified atom stereocenters. The summed E-state index contributed by atoms with van der Waals surface area (Å²) in [5.41, 5.74) is 1.67. The molecule has 0 saturated heterocycles. The molecule has 1 aliphatic heterocycles. The van der Waals surface area contributed by atoms with Crippen molar-refractivity contribution in [3.8, 4) is 23.3 Å². The van der Waals surface area contributed by atoms with E-state index in [0.29, 0.717) is 41.7 Å². The van der Waals surface area contributed by atoms with Gasteiger partial charge in [0, 0.05) is 23.4 Å². The lowest BCUT2D eigenvalue weighted by atomic mass is 9.98. The summed E-state index contributed by atoms with van der Waals surface area (Å²) in [5, 5.41) is 2.83. The van der Waals surface area contributed by atoms with E-state index in [1.54, 1.807) is 30.3 Å². The van der Waals surface area contributed by atoms with E-state index in [1.165, 1.54) is 6.20 Å². The molecule has 1 aromatic heterocycles. The lowest BCUT2D eigenvalue weighted by Gasteiger charge is -2.19. The van der Waals surface area contributed by atoms with Gasteiger partial charge in [-0.15, -0.1) is 0 Å². The number of hydrogen-bond donors (Lipinski definition) is 1. The number of hydrogen-bond acceptors (Lipinski definition) is 4. The third-order valence-corrected chi connectivity index (χ3v) is 3.39. The zero-order valence-corrected chi connectivity index (χ0v) is 14.6. The first-order valence-corrected chi connectivity index (χ1v) is 8.11. The molecule has 128 valence electrons. The van der Waals surface area contributed by atoms with Crippen LogP contribution in [0.15, 0.2) is 36.5 Å². The van der Waals surface area contributed by atoms with Crippen LogP contribution in [-0.2, 0) is 0 Å². The van der Waals surface area contributed by atoms with E-state index in [0.717, 1.165) is 0 Å². The fourth-order valence-corrected chi connectivity index (χ4v) is 2.18. The van der Waals surface area contributed by atoms with Gasteiger partial charge in [-0.2, -0.15) is 0 Å². The molecule has 0 fully saturated rings. The van der Waals surface area contributed by atoms with E-state index in [-0.39, 0.29) is 11.3 Å². The number of aromatic nitrogens is 1. The maximum atomic E-state index is 12.4. The Morgan fingerprint density at radius 3 is 2.56 bits per heavy atom. The van der Waals surface area contributed by atoms with Gasteiger partial charge in [0.05, 0.1) is 5.56 Å². The number of anilines is 1. The first kappa shape index (κ1) is 16.8. The summed E-state index contributed by atoms with van der Waals surface area (Å²) in [7, 11) is 0. The molecule has 5 nitrogen and oxygen atoms in total.